The summed E-state index contributed by atoms with van der Waals surface area (Å²) in [6.07, 6.45) is 16.8. The number of aromatic nitrogens is 2. The molecule has 2 aromatic heterocycles. The molecule has 8 bridgehead atoms. The molecular weight excluding hydrogens is 684 g/mol. The van der Waals surface area contributed by atoms with Gasteiger partial charge in [-0.25, -0.2) is 4.99 Å². The van der Waals surface area contributed by atoms with Crippen LogP contribution in [0.2, 0.25) is 0 Å². The van der Waals surface area contributed by atoms with E-state index in [4.69, 9.17) is 20.3 Å². The average Bonchev–Trinajstić information content (AvgIpc) is 3.67. The van der Waals surface area contributed by atoms with E-state index in [1.54, 1.807) is 0 Å². The number of allylic oxidation sites excluding steroid dienone is 3. The molecule has 4 nitrogen and oxygen atoms in total. The van der Waals surface area contributed by atoms with E-state index in [9.17, 15) is 0 Å². The zero-order valence-electron chi connectivity index (χ0n) is 26.1. The van der Waals surface area contributed by atoms with Crippen LogP contribution in [0.3, 0.4) is 0 Å². The molecule has 0 saturated heterocycles. The molecule has 5 heterocycles. The summed E-state index contributed by atoms with van der Waals surface area (Å²) in [5.74, 6) is 0. The molecule has 3 aliphatic rings. The van der Waals surface area contributed by atoms with Gasteiger partial charge in [-0.15, -0.1) is 33.9 Å². The summed E-state index contributed by atoms with van der Waals surface area (Å²) >= 11 is 0. The van der Waals surface area contributed by atoms with Gasteiger partial charge in [0.25, 0.3) is 0 Å². The average molecular weight is 729 g/mol. The van der Waals surface area contributed by atoms with Crippen LogP contribution in [0.1, 0.15) is 115 Å². The van der Waals surface area contributed by atoms with E-state index >= 15 is 0 Å². The molecule has 2 aromatic rings. The molecule has 0 aromatic carbocycles. The van der Waals surface area contributed by atoms with Crippen LogP contribution in [-0.2, 0) is 46.7 Å². The first-order valence-electron chi connectivity index (χ1n) is 15.7. The molecule has 41 heavy (non-hydrogen) atoms. The van der Waals surface area contributed by atoms with Crippen molar-refractivity contribution in [3.05, 3.63) is 83.3 Å². The quantitative estimate of drug-likeness (QED) is 0.288. The van der Waals surface area contributed by atoms with E-state index in [0.717, 1.165) is 90.6 Å². The first kappa shape index (κ1) is 31.4. The summed E-state index contributed by atoms with van der Waals surface area (Å²) in [7, 11) is 0. The van der Waals surface area contributed by atoms with E-state index in [2.05, 4.69) is 79.7 Å². The molecule has 0 amide bonds. The van der Waals surface area contributed by atoms with Crippen LogP contribution in [0, 0.1) is 0 Å². The van der Waals surface area contributed by atoms with Crippen LogP contribution >= 0.6 is 0 Å². The minimum absolute atomic E-state index is 0. The van der Waals surface area contributed by atoms with Crippen LogP contribution in [0.4, 0.5) is 0 Å². The molecule has 1 unspecified atom stereocenters. The maximum absolute atomic E-state index is 5.34. The van der Waals surface area contributed by atoms with Crippen molar-refractivity contribution in [1.82, 2.24) is 9.97 Å². The third-order valence-electron chi connectivity index (χ3n) is 8.99. The second kappa shape index (κ2) is 13.2. The number of hydrogen-bond acceptors (Lipinski definition) is 1. The molecule has 0 spiro atoms. The molecule has 0 fully saturated rings. The summed E-state index contributed by atoms with van der Waals surface area (Å²) in [4.78, 5) is 15.8. The van der Waals surface area contributed by atoms with Crippen molar-refractivity contribution >= 4 is 30.0 Å². The van der Waals surface area contributed by atoms with Crippen molar-refractivity contribution in [2.24, 2.45) is 4.99 Å². The fraction of sp³-hybridized carbons (Fsp3) is 0.472. The van der Waals surface area contributed by atoms with Crippen molar-refractivity contribution in [3.63, 3.8) is 0 Å². The molecule has 222 valence electrons. The molecule has 0 radical (unpaired) electrons. The Morgan fingerprint density at radius 3 is 1.73 bits per heavy atom. The first-order valence-corrected chi connectivity index (χ1v) is 15.7. The van der Waals surface area contributed by atoms with Crippen LogP contribution in [0.25, 0.3) is 29.6 Å². The number of rotatable bonds is 8. The Bertz CT molecular complexity index is 1600. The molecule has 5 heteroatoms. The molecule has 0 saturated carbocycles. The van der Waals surface area contributed by atoms with Gasteiger partial charge in [-0.2, -0.15) is 0 Å². The van der Waals surface area contributed by atoms with Gasteiger partial charge in [0.05, 0.1) is 11.4 Å². The largest absolute Gasteiger partial charge is 0.675 e. The van der Waals surface area contributed by atoms with E-state index in [1.807, 2.05) is 0 Å². The predicted octanol–water partition coefficient (Wildman–Crippen LogP) is 7.25. The summed E-state index contributed by atoms with van der Waals surface area (Å²) < 4.78 is 0. The number of nitrogens with zero attached hydrogens (tertiary/aromatic N) is 4. The minimum Gasteiger partial charge on any atom is -0.675 e. The van der Waals surface area contributed by atoms with Gasteiger partial charge in [-0.05, 0) is 62.5 Å². The van der Waals surface area contributed by atoms with Crippen molar-refractivity contribution in [1.29, 1.82) is 0 Å². The van der Waals surface area contributed by atoms with Gasteiger partial charge >= 0.3 is 0 Å². The van der Waals surface area contributed by atoms with E-state index in [0.29, 0.717) is 0 Å². The normalized spacial score (nSPS) is 22.1. The van der Waals surface area contributed by atoms with Gasteiger partial charge in [0, 0.05) is 21.1 Å². The van der Waals surface area contributed by atoms with Gasteiger partial charge in [0.15, 0.2) is 0 Å². The molecule has 3 aliphatic heterocycles. The Balaban J connectivity index is 0.00000387. The number of hydrogen-bond donors (Lipinski definition) is 0. The number of aliphatic imine (C=N–C) groups is 1. The van der Waals surface area contributed by atoms with E-state index in [1.165, 1.54) is 44.5 Å². The molecule has 0 N–H and O–H groups in total. The Labute approximate surface area is 261 Å². The Morgan fingerprint density at radius 2 is 1.17 bits per heavy atom. The zero-order valence-corrected chi connectivity index (χ0v) is 28.4. The monoisotopic (exact) mass is 728 g/mol. The first-order chi connectivity index (χ1) is 19.5. The standard InChI is InChI=1S/C36H45N4.Pt/c1-9-21-22(10-2)30-18-32-25(13-5)26(14-6)34(39-32)20-36-28(16-8)27(15-7)35(40-36)19-33-24(12-4)23(11-3)31(38-33)17-29(21)37-30;/h17-20,29H,9-16H2,1-8H3;/q-3;/b30-18-,31-17-,33-19-,36-20-;. The van der Waals surface area contributed by atoms with E-state index < -0.39 is 0 Å². The van der Waals surface area contributed by atoms with Gasteiger partial charge < -0.3 is 15.3 Å². The maximum atomic E-state index is 5.34. The SMILES string of the molecule is CCC1=C(CC)/C2=C/c3[n-]c(c(CC)c3CC)/C=C3\[N-]C(/C=c4\[n-]/c(c(CC)c4CC)=C\C1=N2)C(CC)=C3CC.[Pt]. The van der Waals surface area contributed by atoms with Crippen molar-refractivity contribution in [2.75, 3.05) is 0 Å². The van der Waals surface area contributed by atoms with Gasteiger partial charge in [0.1, 0.15) is 0 Å². The smallest absolute Gasteiger partial charge is 0.0660 e. The number of fused-ring (bicyclic) bond motifs is 7. The predicted molar refractivity (Wildman–Crippen MR) is 171 cm³/mol. The van der Waals surface area contributed by atoms with Gasteiger partial charge in [-0.3, -0.25) is 0 Å². The van der Waals surface area contributed by atoms with Crippen LogP contribution < -0.4 is 20.7 Å². The van der Waals surface area contributed by atoms with Crippen molar-refractivity contribution < 1.29 is 21.1 Å². The van der Waals surface area contributed by atoms with Gasteiger partial charge in [0.2, 0.25) is 0 Å². The topological polar surface area (TPSA) is 54.7 Å². The molecular formula is C36H45N4Pt-3. The summed E-state index contributed by atoms with van der Waals surface area (Å²) in [5.41, 5.74) is 16.2. The maximum Gasteiger partial charge on any atom is 0.0660 e. The summed E-state index contributed by atoms with van der Waals surface area (Å²) in [6, 6.07) is 0.0233. The second-order valence-electron chi connectivity index (χ2n) is 10.9. The summed E-state index contributed by atoms with van der Waals surface area (Å²) in [6.45, 7) is 18.0. The zero-order chi connectivity index (χ0) is 28.6. The fourth-order valence-corrected chi connectivity index (χ4v) is 7.10. The second-order valence-corrected chi connectivity index (χ2v) is 10.9. The Hall–Kier alpha value is -2.58. The summed E-state index contributed by atoms with van der Waals surface area (Å²) in [5, 5.41) is 7.50. The third kappa shape index (κ3) is 5.38. The molecule has 5 rings (SSSR count). The van der Waals surface area contributed by atoms with E-state index in [-0.39, 0.29) is 27.1 Å². The van der Waals surface area contributed by atoms with Crippen LogP contribution in [0.15, 0.2) is 38.7 Å². The van der Waals surface area contributed by atoms with Gasteiger partial charge in [-0.1, -0.05) is 113 Å². The van der Waals surface area contributed by atoms with Crippen LogP contribution in [-0.4, -0.2) is 11.8 Å². The van der Waals surface area contributed by atoms with Crippen LogP contribution in [0.5, 0.6) is 0 Å². The third-order valence-corrected chi connectivity index (χ3v) is 8.99. The minimum atomic E-state index is 0. The van der Waals surface area contributed by atoms with Crippen molar-refractivity contribution in [3.8, 4) is 0 Å². The molecule has 1 atom stereocenters. The fourth-order valence-electron chi connectivity index (χ4n) is 7.10. The van der Waals surface area contributed by atoms with Crippen molar-refractivity contribution in [2.45, 2.75) is 113 Å². The molecule has 0 aliphatic carbocycles. The Morgan fingerprint density at radius 1 is 0.585 bits per heavy atom. The Kier molecular flexibility index (Phi) is 10.1.